The number of ether oxygens (including phenoxy) is 2. The molecule has 3 rings (SSSR count). The third kappa shape index (κ3) is 7.64. The van der Waals surface area contributed by atoms with E-state index < -0.39 is 0 Å². The van der Waals surface area contributed by atoms with Crippen LogP contribution in [0.3, 0.4) is 0 Å². The lowest BCUT2D eigenvalue weighted by atomic mass is 10.1. The van der Waals surface area contributed by atoms with Gasteiger partial charge in [-0.25, -0.2) is 0 Å². The largest absolute Gasteiger partial charge is 0.497 e. The Kier molecular flexibility index (Phi) is 11.3. The highest BCUT2D eigenvalue weighted by molar-refractivity contribution is 14.0. The molecule has 32 heavy (non-hydrogen) atoms. The highest BCUT2D eigenvalue weighted by atomic mass is 127. The van der Waals surface area contributed by atoms with Crippen molar-refractivity contribution in [2.24, 2.45) is 10.9 Å². The fourth-order valence-corrected chi connectivity index (χ4v) is 4.02. The summed E-state index contributed by atoms with van der Waals surface area (Å²) < 4.78 is 11.3. The number of methoxy groups -OCH3 is 1. The van der Waals surface area contributed by atoms with Gasteiger partial charge in [0.25, 0.3) is 0 Å². The third-order valence-corrected chi connectivity index (χ3v) is 5.84. The van der Waals surface area contributed by atoms with E-state index in [2.05, 4.69) is 70.6 Å². The van der Waals surface area contributed by atoms with E-state index >= 15 is 0 Å². The molecule has 7 heteroatoms. The maximum atomic E-state index is 5.97. The SMILES string of the molecule is CN=C(NCC(c1ccc(OC)cc1)N(C)C)N1CCC(COCc2ccccc2)C1.I. The van der Waals surface area contributed by atoms with Crippen LogP contribution < -0.4 is 10.1 Å². The number of halogens is 1. The fourth-order valence-electron chi connectivity index (χ4n) is 4.02. The molecule has 2 aromatic carbocycles. The minimum Gasteiger partial charge on any atom is -0.497 e. The minimum absolute atomic E-state index is 0. The van der Waals surface area contributed by atoms with Crippen LogP contribution in [0, 0.1) is 5.92 Å². The second-order valence-corrected chi connectivity index (χ2v) is 8.28. The maximum Gasteiger partial charge on any atom is 0.193 e. The van der Waals surface area contributed by atoms with Gasteiger partial charge in [-0.1, -0.05) is 42.5 Å². The van der Waals surface area contributed by atoms with Gasteiger partial charge in [0.1, 0.15) is 5.75 Å². The van der Waals surface area contributed by atoms with Gasteiger partial charge in [-0.05, 0) is 43.8 Å². The second-order valence-electron chi connectivity index (χ2n) is 8.28. The zero-order valence-corrected chi connectivity index (χ0v) is 22.0. The van der Waals surface area contributed by atoms with Gasteiger partial charge in [0.05, 0.1) is 26.4 Å². The van der Waals surface area contributed by atoms with Crippen molar-refractivity contribution in [3.8, 4) is 5.75 Å². The average molecular weight is 553 g/mol. The average Bonchev–Trinajstić information content (AvgIpc) is 3.26. The van der Waals surface area contributed by atoms with E-state index in [1.807, 2.05) is 25.2 Å². The molecule has 0 bridgehead atoms. The smallest absolute Gasteiger partial charge is 0.193 e. The number of likely N-dealkylation sites (N-methyl/N-ethyl adjacent to an activating group) is 1. The summed E-state index contributed by atoms with van der Waals surface area (Å²) in [6, 6.07) is 18.9. The molecule has 6 nitrogen and oxygen atoms in total. The van der Waals surface area contributed by atoms with Crippen LogP contribution in [-0.2, 0) is 11.3 Å². The number of nitrogens with zero attached hydrogens (tertiary/aromatic N) is 3. The third-order valence-electron chi connectivity index (χ3n) is 5.84. The van der Waals surface area contributed by atoms with Crippen LogP contribution in [0.1, 0.15) is 23.6 Å². The summed E-state index contributed by atoms with van der Waals surface area (Å²) in [7, 11) is 7.77. The molecule has 2 atom stereocenters. The van der Waals surface area contributed by atoms with Crippen LogP contribution >= 0.6 is 24.0 Å². The number of nitrogens with one attached hydrogen (secondary N) is 1. The standard InChI is InChI=1S/C25H36N4O2.HI/c1-26-25(27-16-24(28(2)3)22-10-12-23(30-4)13-11-22)29-15-14-21(17-29)19-31-18-20-8-6-5-7-9-20;/h5-13,21,24H,14-19H2,1-4H3,(H,26,27);1H. The van der Waals surface area contributed by atoms with Crippen LogP contribution in [-0.4, -0.2) is 70.3 Å². The number of guanidine groups is 1. The van der Waals surface area contributed by atoms with Crippen LogP contribution in [0.2, 0.25) is 0 Å². The Labute approximate surface area is 210 Å². The monoisotopic (exact) mass is 552 g/mol. The number of likely N-dealkylation sites (tertiary alicyclic amines) is 1. The Balaban J connectivity index is 0.00000363. The summed E-state index contributed by atoms with van der Waals surface area (Å²) in [5.41, 5.74) is 2.48. The molecule has 1 N–H and O–H groups in total. The Hall–Kier alpha value is -1.84. The van der Waals surface area contributed by atoms with Gasteiger partial charge in [0, 0.05) is 32.6 Å². The first-order chi connectivity index (χ1) is 15.1. The lowest BCUT2D eigenvalue weighted by molar-refractivity contribution is 0.0906. The fraction of sp³-hybridized carbons (Fsp3) is 0.480. The molecule has 1 saturated heterocycles. The van der Waals surface area contributed by atoms with Crippen LogP contribution in [0.4, 0.5) is 0 Å². The van der Waals surface area contributed by atoms with E-state index in [-0.39, 0.29) is 30.0 Å². The molecule has 176 valence electrons. The van der Waals surface area contributed by atoms with Crippen molar-refractivity contribution in [2.45, 2.75) is 19.1 Å². The van der Waals surface area contributed by atoms with E-state index in [9.17, 15) is 0 Å². The topological polar surface area (TPSA) is 49.3 Å². The number of benzene rings is 2. The quantitative estimate of drug-likeness (QED) is 0.289. The number of rotatable bonds is 9. The minimum atomic E-state index is 0. The molecule has 0 spiro atoms. The van der Waals surface area contributed by atoms with Gasteiger partial charge in [0.15, 0.2) is 5.96 Å². The molecular formula is C25H37IN4O2. The summed E-state index contributed by atoms with van der Waals surface area (Å²) in [6.45, 7) is 4.24. The Morgan fingerprint density at radius 3 is 2.50 bits per heavy atom. The Morgan fingerprint density at radius 2 is 1.88 bits per heavy atom. The van der Waals surface area contributed by atoms with Crippen molar-refractivity contribution in [1.29, 1.82) is 0 Å². The van der Waals surface area contributed by atoms with Gasteiger partial charge in [-0.15, -0.1) is 24.0 Å². The molecule has 0 radical (unpaired) electrons. The van der Waals surface area contributed by atoms with Crippen LogP contribution in [0.15, 0.2) is 59.6 Å². The number of hydrogen-bond donors (Lipinski definition) is 1. The summed E-state index contributed by atoms with van der Waals surface area (Å²) in [6.07, 6.45) is 1.13. The summed E-state index contributed by atoms with van der Waals surface area (Å²) in [5, 5.41) is 3.58. The zero-order chi connectivity index (χ0) is 22.1. The molecule has 0 aliphatic carbocycles. The van der Waals surface area contributed by atoms with Gasteiger partial charge < -0.3 is 24.6 Å². The van der Waals surface area contributed by atoms with E-state index in [1.54, 1.807) is 7.11 Å². The van der Waals surface area contributed by atoms with Gasteiger partial charge in [-0.2, -0.15) is 0 Å². The van der Waals surface area contributed by atoms with Crippen LogP contribution in [0.25, 0.3) is 0 Å². The molecular weight excluding hydrogens is 515 g/mol. The molecule has 1 aliphatic heterocycles. The van der Waals surface area contributed by atoms with Crippen molar-refractivity contribution in [3.63, 3.8) is 0 Å². The first kappa shape index (κ1) is 26.4. The lowest BCUT2D eigenvalue weighted by Crippen LogP contribution is -2.43. The molecule has 0 amide bonds. The van der Waals surface area contributed by atoms with Gasteiger partial charge >= 0.3 is 0 Å². The molecule has 0 aromatic heterocycles. The lowest BCUT2D eigenvalue weighted by Gasteiger charge is -2.28. The molecule has 2 aromatic rings. The second kappa shape index (κ2) is 13.6. The van der Waals surface area contributed by atoms with Crippen molar-refractivity contribution < 1.29 is 9.47 Å². The summed E-state index contributed by atoms with van der Waals surface area (Å²) in [5.74, 6) is 2.38. The molecule has 2 unspecified atom stereocenters. The maximum absolute atomic E-state index is 5.97. The van der Waals surface area contributed by atoms with E-state index in [4.69, 9.17) is 9.47 Å². The van der Waals surface area contributed by atoms with E-state index in [0.29, 0.717) is 12.5 Å². The predicted molar refractivity (Wildman–Crippen MR) is 142 cm³/mol. The predicted octanol–water partition coefficient (Wildman–Crippen LogP) is 4.03. The first-order valence-electron chi connectivity index (χ1n) is 11.0. The number of hydrogen-bond acceptors (Lipinski definition) is 4. The molecule has 0 saturated carbocycles. The van der Waals surface area contributed by atoms with Crippen LogP contribution in [0.5, 0.6) is 5.75 Å². The molecule has 1 aliphatic rings. The Morgan fingerprint density at radius 1 is 1.16 bits per heavy atom. The van der Waals surface area contributed by atoms with Gasteiger partial charge in [0.2, 0.25) is 0 Å². The van der Waals surface area contributed by atoms with Crippen molar-refractivity contribution >= 4 is 29.9 Å². The van der Waals surface area contributed by atoms with E-state index in [1.165, 1.54) is 11.1 Å². The first-order valence-corrected chi connectivity index (χ1v) is 11.0. The molecule has 1 heterocycles. The van der Waals surface area contributed by atoms with Crippen molar-refractivity contribution in [1.82, 2.24) is 15.1 Å². The Bertz CT molecular complexity index is 814. The van der Waals surface area contributed by atoms with Gasteiger partial charge in [-0.3, -0.25) is 4.99 Å². The highest BCUT2D eigenvalue weighted by Gasteiger charge is 2.25. The van der Waals surface area contributed by atoms with Crippen molar-refractivity contribution in [3.05, 3.63) is 65.7 Å². The summed E-state index contributed by atoms with van der Waals surface area (Å²) >= 11 is 0. The van der Waals surface area contributed by atoms with E-state index in [0.717, 1.165) is 44.4 Å². The van der Waals surface area contributed by atoms with Crippen molar-refractivity contribution in [2.75, 3.05) is 54.5 Å². The number of aliphatic imine (C=N–C) groups is 1. The normalized spacial score (nSPS) is 17.2. The summed E-state index contributed by atoms with van der Waals surface area (Å²) in [4.78, 5) is 9.11. The molecule has 1 fully saturated rings. The zero-order valence-electron chi connectivity index (χ0n) is 19.7. The highest BCUT2D eigenvalue weighted by Crippen LogP contribution is 2.22.